The number of esters is 1. The second-order valence-corrected chi connectivity index (χ2v) is 4.55. The van der Waals surface area contributed by atoms with Crippen LogP contribution in [-0.2, 0) is 9.53 Å². The number of carbonyl (C=O) groups excluding carboxylic acids is 1. The van der Waals surface area contributed by atoms with Gasteiger partial charge in [-0.05, 0) is 31.5 Å². The minimum absolute atomic E-state index is 0.107. The maximum absolute atomic E-state index is 11.6. The van der Waals surface area contributed by atoms with Crippen LogP contribution in [0.5, 0.6) is 0 Å². The van der Waals surface area contributed by atoms with Crippen molar-refractivity contribution < 1.29 is 9.53 Å². The molecule has 0 fully saturated rings. The average Bonchev–Trinajstić information content (AvgIpc) is 2.42. The fourth-order valence-electron chi connectivity index (χ4n) is 1.61. The van der Waals surface area contributed by atoms with Gasteiger partial charge in [0, 0.05) is 12.6 Å². The lowest BCUT2D eigenvalue weighted by atomic mass is 10.2. The summed E-state index contributed by atoms with van der Waals surface area (Å²) < 4.78 is 5.26. The van der Waals surface area contributed by atoms with Crippen LogP contribution in [0, 0.1) is 0 Å². The van der Waals surface area contributed by atoms with Gasteiger partial charge >= 0.3 is 5.97 Å². The van der Waals surface area contributed by atoms with E-state index in [0.717, 1.165) is 18.5 Å². The van der Waals surface area contributed by atoms with Crippen molar-refractivity contribution in [2.24, 2.45) is 0 Å². The number of hydrogen-bond acceptors (Lipinski definition) is 3. The van der Waals surface area contributed by atoms with Gasteiger partial charge in [0.1, 0.15) is 6.10 Å². The molecular weight excluding hydrogens is 238 g/mol. The molecule has 1 aromatic rings. The zero-order chi connectivity index (χ0) is 13.9. The fraction of sp³-hybridized carbons (Fsp3) is 0.438. The summed E-state index contributed by atoms with van der Waals surface area (Å²) >= 11 is 0. The third kappa shape index (κ3) is 7.42. The van der Waals surface area contributed by atoms with Gasteiger partial charge < -0.3 is 10.1 Å². The normalized spacial score (nSPS) is 12.5. The summed E-state index contributed by atoms with van der Waals surface area (Å²) in [6, 6.07) is 9.70. The highest BCUT2D eigenvalue weighted by atomic mass is 16.5. The van der Waals surface area contributed by atoms with Gasteiger partial charge in [0.05, 0.1) is 0 Å². The molecule has 0 saturated heterocycles. The van der Waals surface area contributed by atoms with Crippen molar-refractivity contribution in [2.45, 2.75) is 32.8 Å². The molecule has 0 aliphatic rings. The first-order chi connectivity index (χ1) is 9.22. The Kier molecular flexibility index (Phi) is 7.59. The van der Waals surface area contributed by atoms with Crippen LogP contribution in [0.1, 0.15) is 32.3 Å². The Bertz CT molecular complexity index is 387. The minimum Gasteiger partial charge on any atom is -0.458 e. The van der Waals surface area contributed by atoms with Gasteiger partial charge in [-0.1, -0.05) is 43.7 Å². The zero-order valence-electron chi connectivity index (χ0n) is 11.8. The molecule has 1 unspecified atom stereocenters. The Morgan fingerprint density at radius 2 is 2.11 bits per heavy atom. The van der Waals surface area contributed by atoms with Crippen LogP contribution < -0.4 is 5.32 Å². The first-order valence-electron chi connectivity index (χ1n) is 6.87. The van der Waals surface area contributed by atoms with Crippen molar-refractivity contribution in [1.29, 1.82) is 0 Å². The predicted octanol–water partition coefficient (Wildman–Crippen LogP) is 3.02. The molecule has 3 heteroatoms. The third-order valence-corrected chi connectivity index (χ3v) is 2.67. The molecule has 0 radical (unpaired) electrons. The topological polar surface area (TPSA) is 38.3 Å². The zero-order valence-corrected chi connectivity index (χ0v) is 11.8. The minimum atomic E-state index is -0.298. The lowest BCUT2D eigenvalue weighted by Gasteiger charge is -2.12. The number of carbonyl (C=O) groups is 1. The summed E-state index contributed by atoms with van der Waals surface area (Å²) in [4.78, 5) is 11.6. The number of hydrogen-bond donors (Lipinski definition) is 1. The Morgan fingerprint density at radius 1 is 1.37 bits per heavy atom. The van der Waals surface area contributed by atoms with Gasteiger partial charge in [0.15, 0.2) is 0 Å². The maximum Gasteiger partial charge on any atom is 0.331 e. The van der Waals surface area contributed by atoms with E-state index in [1.807, 2.05) is 37.3 Å². The molecule has 1 aromatic carbocycles. The standard InChI is InChI=1S/C16H23NO2/c1-3-4-12-17-13-14(2)19-16(18)11-10-15-8-6-5-7-9-15/h5-11,14,17H,3-4,12-13H2,1-2H3/b11-10+. The van der Waals surface area contributed by atoms with Crippen LogP contribution in [0.25, 0.3) is 6.08 Å². The Labute approximate surface area is 115 Å². The molecule has 104 valence electrons. The number of unbranched alkanes of at least 4 members (excludes halogenated alkanes) is 1. The predicted molar refractivity (Wildman–Crippen MR) is 78.8 cm³/mol. The largest absolute Gasteiger partial charge is 0.458 e. The van der Waals surface area contributed by atoms with Crippen molar-refractivity contribution >= 4 is 12.0 Å². The molecule has 0 bridgehead atoms. The van der Waals surface area contributed by atoms with Crippen LogP contribution >= 0.6 is 0 Å². The van der Waals surface area contributed by atoms with E-state index in [2.05, 4.69) is 12.2 Å². The highest BCUT2D eigenvalue weighted by Crippen LogP contribution is 2.01. The monoisotopic (exact) mass is 261 g/mol. The van der Waals surface area contributed by atoms with E-state index in [0.29, 0.717) is 6.54 Å². The van der Waals surface area contributed by atoms with Gasteiger partial charge in [-0.2, -0.15) is 0 Å². The molecule has 1 rings (SSSR count). The molecule has 1 N–H and O–H groups in total. The van der Waals surface area contributed by atoms with Crippen LogP contribution in [-0.4, -0.2) is 25.2 Å². The third-order valence-electron chi connectivity index (χ3n) is 2.67. The molecule has 0 aromatic heterocycles. The molecule has 3 nitrogen and oxygen atoms in total. The SMILES string of the molecule is CCCCNCC(C)OC(=O)/C=C/c1ccccc1. The Balaban J connectivity index is 2.25. The van der Waals surface area contributed by atoms with Crippen LogP contribution in [0.15, 0.2) is 36.4 Å². The molecule has 19 heavy (non-hydrogen) atoms. The number of rotatable bonds is 8. The van der Waals surface area contributed by atoms with Crippen LogP contribution in [0.3, 0.4) is 0 Å². The second kappa shape index (κ2) is 9.34. The van der Waals surface area contributed by atoms with Gasteiger partial charge in [0.2, 0.25) is 0 Å². The Morgan fingerprint density at radius 3 is 2.79 bits per heavy atom. The number of nitrogens with one attached hydrogen (secondary N) is 1. The van der Waals surface area contributed by atoms with E-state index < -0.39 is 0 Å². The smallest absolute Gasteiger partial charge is 0.331 e. The second-order valence-electron chi connectivity index (χ2n) is 4.55. The van der Waals surface area contributed by atoms with Crippen molar-refractivity contribution in [1.82, 2.24) is 5.32 Å². The fourth-order valence-corrected chi connectivity index (χ4v) is 1.61. The first-order valence-corrected chi connectivity index (χ1v) is 6.87. The van der Waals surface area contributed by atoms with Gasteiger partial charge in [-0.15, -0.1) is 0 Å². The van der Waals surface area contributed by atoms with E-state index in [4.69, 9.17) is 4.74 Å². The molecule has 0 aliphatic heterocycles. The molecule has 0 spiro atoms. The highest BCUT2D eigenvalue weighted by molar-refractivity contribution is 5.87. The van der Waals surface area contributed by atoms with Gasteiger partial charge in [-0.3, -0.25) is 0 Å². The maximum atomic E-state index is 11.6. The van der Waals surface area contributed by atoms with Crippen molar-refractivity contribution in [3.8, 4) is 0 Å². The summed E-state index contributed by atoms with van der Waals surface area (Å²) in [5, 5.41) is 3.26. The van der Waals surface area contributed by atoms with E-state index in [1.165, 1.54) is 12.5 Å². The molecule has 0 saturated carbocycles. The lowest BCUT2D eigenvalue weighted by Crippen LogP contribution is -2.29. The molecule has 0 amide bonds. The highest BCUT2D eigenvalue weighted by Gasteiger charge is 2.05. The van der Waals surface area contributed by atoms with Crippen LogP contribution in [0.2, 0.25) is 0 Å². The molecule has 0 heterocycles. The Hall–Kier alpha value is -1.61. The number of benzene rings is 1. The van der Waals surface area contributed by atoms with Crippen molar-refractivity contribution in [3.05, 3.63) is 42.0 Å². The van der Waals surface area contributed by atoms with Crippen LogP contribution in [0.4, 0.5) is 0 Å². The van der Waals surface area contributed by atoms with E-state index in [-0.39, 0.29) is 12.1 Å². The summed E-state index contributed by atoms with van der Waals surface area (Å²) in [6.45, 7) is 5.72. The summed E-state index contributed by atoms with van der Waals surface area (Å²) in [5.74, 6) is -0.298. The molecule has 1 atom stereocenters. The van der Waals surface area contributed by atoms with Crippen molar-refractivity contribution in [2.75, 3.05) is 13.1 Å². The molecule has 0 aliphatic carbocycles. The summed E-state index contributed by atoms with van der Waals surface area (Å²) in [7, 11) is 0. The molecular formula is C16H23NO2. The van der Waals surface area contributed by atoms with E-state index >= 15 is 0 Å². The quantitative estimate of drug-likeness (QED) is 0.444. The summed E-state index contributed by atoms with van der Waals surface area (Å²) in [5.41, 5.74) is 0.994. The first kappa shape index (κ1) is 15.4. The lowest BCUT2D eigenvalue weighted by molar-refractivity contribution is -0.141. The number of ether oxygens (including phenoxy) is 1. The van der Waals surface area contributed by atoms with Crippen molar-refractivity contribution in [3.63, 3.8) is 0 Å². The average molecular weight is 261 g/mol. The van der Waals surface area contributed by atoms with Gasteiger partial charge in [0.25, 0.3) is 0 Å². The van der Waals surface area contributed by atoms with Gasteiger partial charge in [-0.25, -0.2) is 4.79 Å². The summed E-state index contributed by atoms with van der Waals surface area (Å²) in [6.07, 6.45) is 5.44. The van der Waals surface area contributed by atoms with E-state index in [1.54, 1.807) is 6.08 Å². The van der Waals surface area contributed by atoms with E-state index in [9.17, 15) is 4.79 Å².